The van der Waals surface area contributed by atoms with Gasteiger partial charge < -0.3 is 9.84 Å². The zero-order valence-corrected chi connectivity index (χ0v) is 12.5. The quantitative estimate of drug-likeness (QED) is 0.871. The Morgan fingerprint density at radius 1 is 1.52 bits per heavy atom. The van der Waals surface area contributed by atoms with Gasteiger partial charge in [0, 0.05) is 6.61 Å². The minimum absolute atomic E-state index is 0.309. The lowest BCUT2D eigenvalue weighted by Crippen LogP contribution is -2.39. The summed E-state index contributed by atoms with van der Waals surface area (Å²) in [6.45, 7) is 2.13. The van der Waals surface area contributed by atoms with E-state index in [0.29, 0.717) is 19.1 Å². The van der Waals surface area contributed by atoms with Gasteiger partial charge in [-0.1, -0.05) is 11.6 Å². The molecule has 2 rings (SSSR count). The Bertz CT molecular complexity index is 678. The molecule has 0 radical (unpaired) electrons. The van der Waals surface area contributed by atoms with Gasteiger partial charge in [-0.25, -0.2) is 22.3 Å². The molecule has 0 bridgehead atoms. The van der Waals surface area contributed by atoms with Crippen LogP contribution < -0.4 is 4.72 Å². The van der Waals surface area contributed by atoms with Gasteiger partial charge in [0.2, 0.25) is 10.0 Å². The van der Waals surface area contributed by atoms with E-state index in [9.17, 15) is 17.6 Å². The molecule has 1 saturated heterocycles. The highest BCUT2D eigenvalue weighted by Gasteiger charge is 2.30. The van der Waals surface area contributed by atoms with Crippen LogP contribution in [0.3, 0.4) is 0 Å². The number of halogens is 2. The SMILES string of the molecule is CC1OCCC1NS(=O)(=O)c1cc(F)c(Cl)c(C(=O)O)c1. The van der Waals surface area contributed by atoms with Crippen LogP contribution in [0.4, 0.5) is 4.39 Å². The standard InChI is InChI=1S/C12H13ClFNO5S/c1-6-10(2-3-20-6)15-21(18,19)7-4-8(12(16)17)11(13)9(14)5-7/h4-6,10,15H,2-3H2,1H3,(H,16,17). The van der Waals surface area contributed by atoms with Gasteiger partial charge in [0.05, 0.1) is 27.6 Å². The number of carbonyl (C=O) groups is 1. The second kappa shape index (κ2) is 5.88. The lowest BCUT2D eigenvalue weighted by Gasteiger charge is -2.16. The zero-order chi connectivity index (χ0) is 15.8. The third-order valence-electron chi connectivity index (χ3n) is 3.23. The van der Waals surface area contributed by atoms with Gasteiger partial charge in [0.15, 0.2) is 0 Å². The molecular formula is C12H13ClFNO5S. The predicted octanol–water partition coefficient (Wildman–Crippen LogP) is 1.63. The minimum atomic E-state index is -4.06. The van der Waals surface area contributed by atoms with Gasteiger partial charge in [-0.05, 0) is 25.5 Å². The Hall–Kier alpha value is -1.22. The number of nitrogens with one attached hydrogen (secondary N) is 1. The van der Waals surface area contributed by atoms with Crippen LogP contribution >= 0.6 is 11.6 Å². The lowest BCUT2D eigenvalue weighted by molar-refractivity contribution is 0.0696. The average Bonchev–Trinajstić information content (AvgIpc) is 2.77. The predicted molar refractivity (Wildman–Crippen MR) is 72.5 cm³/mol. The maximum absolute atomic E-state index is 13.6. The van der Waals surface area contributed by atoms with E-state index in [1.807, 2.05) is 0 Å². The summed E-state index contributed by atoms with van der Waals surface area (Å²) in [7, 11) is -4.06. The Kier molecular flexibility index (Phi) is 4.52. The molecule has 0 saturated carbocycles. The summed E-state index contributed by atoms with van der Waals surface area (Å²) >= 11 is 5.51. The fourth-order valence-corrected chi connectivity index (χ4v) is 3.59. The molecule has 2 N–H and O–H groups in total. The van der Waals surface area contributed by atoms with E-state index in [0.717, 1.165) is 6.07 Å². The summed E-state index contributed by atoms with van der Waals surface area (Å²) < 4.78 is 45.6. The lowest BCUT2D eigenvalue weighted by atomic mass is 10.2. The molecule has 116 valence electrons. The van der Waals surface area contributed by atoms with Gasteiger partial charge in [-0.15, -0.1) is 0 Å². The number of ether oxygens (including phenoxy) is 1. The summed E-state index contributed by atoms with van der Waals surface area (Å²) in [6, 6.07) is 1.08. The summed E-state index contributed by atoms with van der Waals surface area (Å²) in [6.07, 6.45) is 0.179. The number of rotatable bonds is 4. The molecule has 21 heavy (non-hydrogen) atoms. The number of benzene rings is 1. The van der Waals surface area contributed by atoms with Crippen molar-refractivity contribution in [1.29, 1.82) is 0 Å². The van der Waals surface area contributed by atoms with Gasteiger partial charge in [0.25, 0.3) is 0 Å². The Balaban J connectivity index is 2.38. The van der Waals surface area contributed by atoms with Crippen molar-refractivity contribution in [2.75, 3.05) is 6.61 Å². The summed E-state index contributed by atoms with van der Waals surface area (Å²) in [5.41, 5.74) is -0.604. The smallest absolute Gasteiger partial charge is 0.337 e. The van der Waals surface area contributed by atoms with Crippen LogP contribution in [-0.4, -0.2) is 38.2 Å². The number of carboxylic acids is 1. The average molecular weight is 338 g/mol. The summed E-state index contributed by atoms with van der Waals surface area (Å²) in [4.78, 5) is 10.5. The van der Waals surface area contributed by atoms with Crippen molar-refractivity contribution in [2.24, 2.45) is 0 Å². The van der Waals surface area contributed by atoms with E-state index in [-0.39, 0.29) is 6.10 Å². The number of hydrogen-bond acceptors (Lipinski definition) is 4. The van der Waals surface area contributed by atoms with Crippen molar-refractivity contribution in [3.05, 3.63) is 28.5 Å². The number of aromatic carboxylic acids is 1. The summed E-state index contributed by atoms with van der Waals surface area (Å²) in [5, 5.41) is 8.29. The third-order valence-corrected chi connectivity index (χ3v) is 5.08. The van der Waals surface area contributed by atoms with E-state index in [2.05, 4.69) is 4.72 Å². The molecule has 1 aromatic carbocycles. The van der Waals surface area contributed by atoms with E-state index in [4.69, 9.17) is 21.4 Å². The maximum atomic E-state index is 13.6. The first-order valence-corrected chi connectivity index (χ1v) is 7.95. The molecule has 0 spiro atoms. The molecular weight excluding hydrogens is 325 g/mol. The molecule has 1 aliphatic rings. The molecule has 2 unspecified atom stereocenters. The molecule has 6 nitrogen and oxygen atoms in total. The molecule has 1 heterocycles. The fraction of sp³-hybridized carbons (Fsp3) is 0.417. The van der Waals surface area contributed by atoms with E-state index >= 15 is 0 Å². The largest absolute Gasteiger partial charge is 0.478 e. The topological polar surface area (TPSA) is 92.7 Å². The number of sulfonamides is 1. The van der Waals surface area contributed by atoms with Crippen LogP contribution in [0.2, 0.25) is 5.02 Å². The van der Waals surface area contributed by atoms with Gasteiger partial charge >= 0.3 is 5.97 Å². The highest BCUT2D eigenvalue weighted by atomic mass is 35.5. The monoisotopic (exact) mass is 337 g/mol. The van der Waals surface area contributed by atoms with Crippen LogP contribution in [-0.2, 0) is 14.8 Å². The van der Waals surface area contributed by atoms with Crippen molar-refractivity contribution in [1.82, 2.24) is 4.72 Å². The van der Waals surface area contributed by atoms with Crippen LogP contribution in [0.15, 0.2) is 17.0 Å². The van der Waals surface area contributed by atoms with Gasteiger partial charge in [-0.2, -0.15) is 0 Å². The highest BCUT2D eigenvalue weighted by molar-refractivity contribution is 7.89. The zero-order valence-electron chi connectivity index (χ0n) is 11.0. The van der Waals surface area contributed by atoms with Crippen LogP contribution in [0, 0.1) is 5.82 Å². The van der Waals surface area contributed by atoms with Crippen LogP contribution in [0.5, 0.6) is 0 Å². The summed E-state index contributed by atoms with van der Waals surface area (Å²) in [5.74, 6) is -2.61. The molecule has 0 amide bonds. The second-order valence-corrected chi connectivity index (χ2v) is 6.76. The normalized spacial score (nSPS) is 22.4. The van der Waals surface area contributed by atoms with Gasteiger partial charge in [0.1, 0.15) is 5.82 Å². The van der Waals surface area contributed by atoms with Crippen molar-refractivity contribution in [3.8, 4) is 0 Å². The van der Waals surface area contributed by atoms with Crippen molar-refractivity contribution in [2.45, 2.75) is 30.4 Å². The molecule has 0 aromatic heterocycles. The maximum Gasteiger partial charge on any atom is 0.337 e. The van der Waals surface area contributed by atoms with E-state index < -0.39 is 43.3 Å². The molecule has 1 aliphatic heterocycles. The minimum Gasteiger partial charge on any atom is -0.478 e. The van der Waals surface area contributed by atoms with Gasteiger partial charge in [-0.3, -0.25) is 0 Å². The van der Waals surface area contributed by atoms with Crippen molar-refractivity contribution >= 4 is 27.6 Å². The van der Waals surface area contributed by atoms with E-state index in [1.165, 1.54) is 0 Å². The first kappa shape index (κ1) is 16.2. The molecule has 1 fully saturated rings. The van der Waals surface area contributed by atoms with Crippen LogP contribution in [0.1, 0.15) is 23.7 Å². The fourth-order valence-electron chi connectivity index (χ4n) is 2.03. The third kappa shape index (κ3) is 3.34. The van der Waals surface area contributed by atoms with E-state index in [1.54, 1.807) is 6.92 Å². The molecule has 9 heteroatoms. The highest BCUT2D eigenvalue weighted by Crippen LogP contribution is 2.25. The first-order chi connectivity index (χ1) is 9.72. The molecule has 1 aromatic rings. The number of carboxylic acid groups (broad SMARTS) is 1. The first-order valence-electron chi connectivity index (χ1n) is 6.08. The van der Waals surface area contributed by atoms with Crippen molar-refractivity contribution < 1.29 is 27.4 Å². The van der Waals surface area contributed by atoms with Crippen molar-refractivity contribution in [3.63, 3.8) is 0 Å². The number of hydrogen-bond donors (Lipinski definition) is 2. The second-order valence-electron chi connectivity index (χ2n) is 4.66. The molecule has 2 atom stereocenters. The Morgan fingerprint density at radius 2 is 2.19 bits per heavy atom. The Morgan fingerprint density at radius 3 is 2.71 bits per heavy atom. The molecule has 0 aliphatic carbocycles. The Labute approximate surface area is 125 Å². The van der Waals surface area contributed by atoms with Crippen LogP contribution in [0.25, 0.3) is 0 Å².